The minimum Gasteiger partial charge on any atom is -0.313 e. The van der Waals surface area contributed by atoms with E-state index in [0.717, 1.165) is 27.3 Å². The van der Waals surface area contributed by atoms with E-state index in [9.17, 15) is 13.2 Å². The standard InChI is InChI=1S/C25H22N2O3S2/c1-27-22-13-10-18(5-3-6-20-7-4-14-26-17-20)15-23(22)31-24(25(27)28)16-19-8-11-21(12-9-19)32(2,29)30/h4,7-15,17,24H,6,16H2,1-2H3. The van der Waals surface area contributed by atoms with Crippen molar-refractivity contribution in [3.8, 4) is 11.8 Å². The van der Waals surface area contributed by atoms with Crippen molar-refractivity contribution in [3.05, 3.63) is 83.7 Å². The van der Waals surface area contributed by atoms with Crippen LogP contribution in [0.2, 0.25) is 0 Å². The van der Waals surface area contributed by atoms with E-state index < -0.39 is 9.84 Å². The zero-order valence-corrected chi connectivity index (χ0v) is 19.4. The van der Waals surface area contributed by atoms with Crippen LogP contribution in [-0.4, -0.2) is 37.9 Å². The average molecular weight is 463 g/mol. The Morgan fingerprint density at radius 3 is 2.56 bits per heavy atom. The molecule has 0 bridgehead atoms. The van der Waals surface area contributed by atoms with Gasteiger partial charge in [0.1, 0.15) is 0 Å². The first-order valence-corrected chi connectivity index (χ1v) is 12.8. The van der Waals surface area contributed by atoms with Crippen molar-refractivity contribution in [2.45, 2.75) is 27.9 Å². The molecule has 0 N–H and O–H groups in total. The van der Waals surface area contributed by atoms with E-state index in [1.165, 1.54) is 18.0 Å². The summed E-state index contributed by atoms with van der Waals surface area (Å²) in [6.07, 6.45) is 5.89. The summed E-state index contributed by atoms with van der Waals surface area (Å²) in [5.41, 5.74) is 3.77. The molecule has 0 fully saturated rings. The van der Waals surface area contributed by atoms with Crippen LogP contribution in [0, 0.1) is 11.8 Å². The van der Waals surface area contributed by atoms with Crippen molar-refractivity contribution in [1.29, 1.82) is 0 Å². The van der Waals surface area contributed by atoms with Gasteiger partial charge in [0.15, 0.2) is 9.84 Å². The summed E-state index contributed by atoms with van der Waals surface area (Å²) in [7, 11) is -1.45. The minimum atomic E-state index is -3.24. The predicted octanol–water partition coefficient (Wildman–Crippen LogP) is 3.76. The molecule has 7 heteroatoms. The molecule has 0 saturated heterocycles. The normalized spacial score (nSPS) is 15.6. The summed E-state index contributed by atoms with van der Waals surface area (Å²) in [4.78, 5) is 20.0. The van der Waals surface area contributed by atoms with Crippen molar-refractivity contribution in [3.63, 3.8) is 0 Å². The van der Waals surface area contributed by atoms with E-state index in [0.29, 0.717) is 12.8 Å². The first-order valence-electron chi connectivity index (χ1n) is 10.1. The number of sulfone groups is 1. The number of benzene rings is 2. The lowest BCUT2D eigenvalue weighted by atomic mass is 10.1. The minimum absolute atomic E-state index is 0.0325. The number of anilines is 1. The molecule has 0 radical (unpaired) electrons. The molecule has 0 aliphatic carbocycles. The number of amides is 1. The zero-order chi connectivity index (χ0) is 22.7. The second-order valence-corrected chi connectivity index (χ2v) is 10.9. The molecular weight excluding hydrogens is 440 g/mol. The molecular formula is C25H22N2O3S2. The van der Waals surface area contributed by atoms with Crippen LogP contribution in [0.25, 0.3) is 0 Å². The molecule has 162 valence electrons. The summed E-state index contributed by atoms with van der Waals surface area (Å²) in [6, 6.07) is 16.5. The number of pyridine rings is 1. The summed E-state index contributed by atoms with van der Waals surface area (Å²) in [5.74, 6) is 6.42. The summed E-state index contributed by atoms with van der Waals surface area (Å²) < 4.78 is 23.4. The van der Waals surface area contributed by atoms with Gasteiger partial charge in [-0.3, -0.25) is 9.78 Å². The Bertz CT molecular complexity index is 1310. The summed E-state index contributed by atoms with van der Waals surface area (Å²) in [6.45, 7) is 0. The third-order valence-electron chi connectivity index (χ3n) is 5.22. The highest BCUT2D eigenvalue weighted by molar-refractivity contribution is 8.01. The Morgan fingerprint density at radius 2 is 1.88 bits per heavy atom. The Balaban J connectivity index is 1.51. The summed E-state index contributed by atoms with van der Waals surface area (Å²) in [5, 5.41) is -0.282. The van der Waals surface area contributed by atoms with Crippen LogP contribution in [-0.2, 0) is 27.5 Å². The van der Waals surface area contributed by atoms with Crippen LogP contribution in [0.3, 0.4) is 0 Å². The second kappa shape index (κ2) is 9.19. The maximum absolute atomic E-state index is 12.9. The van der Waals surface area contributed by atoms with Gasteiger partial charge in [-0.2, -0.15) is 0 Å². The van der Waals surface area contributed by atoms with E-state index >= 15 is 0 Å². The molecule has 2 aromatic carbocycles. The molecule has 1 aromatic heterocycles. The number of carbonyl (C=O) groups excluding carboxylic acids is 1. The number of fused-ring (bicyclic) bond motifs is 1. The number of carbonyl (C=O) groups is 1. The van der Waals surface area contributed by atoms with Crippen LogP contribution in [0.1, 0.15) is 16.7 Å². The van der Waals surface area contributed by atoms with Gasteiger partial charge < -0.3 is 4.90 Å². The molecule has 2 heterocycles. The third kappa shape index (κ3) is 5.04. The SMILES string of the molecule is CN1C(=O)C(Cc2ccc(S(C)(=O)=O)cc2)Sc2cc(C#CCc3cccnc3)ccc21. The van der Waals surface area contributed by atoms with Gasteiger partial charge in [0.05, 0.1) is 15.8 Å². The van der Waals surface area contributed by atoms with Gasteiger partial charge in [-0.05, 0) is 53.9 Å². The highest BCUT2D eigenvalue weighted by atomic mass is 32.2. The zero-order valence-electron chi connectivity index (χ0n) is 17.8. The Labute approximate surface area is 192 Å². The maximum Gasteiger partial charge on any atom is 0.240 e. The fourth-order valence-electron chi connectivity index (χ4n) is 3.47. The van der Waals surface area contributed by atoms with Crippen molar-refractivity contribution in [1.82, 2.24) is 4.98 Å². The smallest absolute Gasteiger partial charge is 0.240 e. The van der Waals surface area contributed by atoms with Crippen LogP contribution < -0.4 is 4.90 Å². The van der Waals surface area contributed by atoms with Gasteiger partial charge in [0, 0.05) is 42.6 Å². The van der Waals surface area contributed by atoms with Crippen molar-refractivity contribution < 1.29 is 13.2 Å². The lowest BCUT2D eigenvalue weighted by Gasteiger charge is -2.31. The molecule has 1 unspecified atom stereocenters. The molecule has 1 aliphatic heterocycles. The van der Waals surface area contributed by atoms with Crippen LogP contribution in [0.15, 0.2) is 76.8 Å². The van der Waals surface area contributed by atoms with Gasteiger partial charge in [-0.1, -0.05) is 30.0 Å². The molecule has 32 heavy (non-hydrogen) atoms. The Morgan fingerprint density at radius 1 is 1.09 bits per heavy atom. The summed E-state index contributed by atoms with van der Waals surface area (Å²) >= 11 is 1.53. The Hall–Kier alpha value is -3.08. The van der Waals surface area contributed by atoms with Gasteiger partial charge in [-0.15, -0.1) is 11.8 Å². The largest absolute Gasteiger partial charge is 0.313 e. The highest BCUT2D eigenvalue weighted by Crippen LogP contribution is 2.40. The monoisotopic (exact) mass is 462 g/mol. The number of hydrogen-bond acceptors (Lipinski definition) is 5. The van der Waals surface area contributed by atoms with Gasteiger partial charge in [-0.25, -0.2) is 8.42 Å². The topological polar surface area (TPSA) is 67.3 Å². The number of thioether (sulfide) groups is 1. The van der Waals surface area contributed by atoms with E-state index in [-0.39, 0.29) is 16.1 Å². The van der Waals surface area contributed by atoms with Crippen LogP contribution >= 0.6 is 11.8 Å². The van der Waals surface area contributed by atoms with E-state index in [1.54, 1.807) is 42.4 Å². The van der Waals surface area contributed by atoms with Crippen molar-refractivity contribution in [2.24, 2.45) is 0 Å². The van der Waals surface area contributed by atoms with E-state index in [4.69, 9.17) is 0 Å². The van der Waals surface area contributed by atoms with Gasteiger partial charge >= 0.3 is 0 Å². The molecule has 1 atom stereocenters. The number of rotatable bonds is 4. The van der Waals surface area contributed by atoms with Gasteiger partial charge in [0.25, 0.3) is 0 Å². The molecule has 5 nitrogen and oxygen atoms in total. The molecule has 1 aliphatic rings. The van der Waals surface area contributed by atoms with Crippen LogP contribution in [0.5, 0.6) is 0 Å². The number of hydrogen-bond donors (Lipinski definition) is 0. The second-order valence-electron chi connectivity index (χ2n) is 7.65. The predicted molar refractivity (Wildman–Crippen MR) is 128 cm³/mol. The molecule has 3 aromatic rings. The fraction of sp³-hybridized carbons (Fsp3) is 0.200. The van der Waals surface area contributed by atoms with Crippen molar-refractivity contribution >= 4 is 33.2 Å². The quantitative estimate of drug-likeness (QED) is 0.553. The first-order chi connectivity index (χ1) is 15.3. The van der Waals surface area contributed by atoms with E-state index in [2.05, 4.69) is 16.8 Å². The molecule has 1 amide bonds. The average Bonchev–Trinajstić information content (AvgIpc) is 2.78. The molecule has 4 rings (SSSR count). The highest BCUT2D eigenvalue weighted by Gasteiger charge is 2.31. The lowest BCUT2D eigenvalue weighted by molar-refractivity contribution is -0.117. The maximum atomic E-state index is 12.9. The molecule has 0 saturated carbocycles. The van der Waals surface area contributed by atoms with Crippen LogP contribution in [0.4, 0.5) is 5.69 Å². The fourth-order valence-corrected chi connectivity index (χ4v) is 5.46. The number of aromatic nitrogens is 1. The van der Waals surface area contributed by atoms with Gasteiger partial charge in [0.2, 0.25) is 5.91 Å². The lowest BCUT2D eigenvalue weighted by Crippen LogP contribution is -2.39. The number of nitrogens with zero attached hydrogens (tertiary/aromatic N) is 2. The first kappa shape index (κ1) is 22.1. The van der Waals surface area contributed by atoms with E-state index in [1.807, 2.05) is 36.5 Å². The Kier molecular flexibility index (Phi) is 6.35. The third-order valence-corrected chi connectivity index (χ3v) is 7.58. The van der Waals surface area contributed by atoms with Crippen molar-refractivity contribution in [2.75, 3.05) is 18.2 Å². The molecule has 0 spiro atoms.